The first-order valence-corrected chi connectivity index (χ1v) is 9.00. The van der Waals surface area contributed by atoms with Crippen LogP contribution in [-0.2, 0) is 4.74 Å². The number of ether oxygens (including phenoxy) is 1. The maximum Gasteiger partial charge on any atom is 0.410 e. The van der Waals surface area contributed by atoms with Crippen molar-refractivity contribution in [3.63, 3.8) is 0 Å². The Kier molecular flexibility index (Phi) is 6.34. The minimum Gasteiger partial charge on any atom is -0.444 e. The van der Waals surface area contributed by atoms with Gasteiger partial charge >= 0.3 is 6.09 Å². The van der Waals surface area contributed by atoms with E-state index in [0.717, 1.165) is 30.6 Å². The molecule has 0 aliphatic carbocycles. The number of carbonyl (C=O) groups excluding carboxylic acids is 1. The number of hydrogen-bond acceptors (Lipinski definition) is 5. The average Bonchev–Trinajstić information content (AvgIpc) is 2.59. The minimum absolute atomic E-state index is 0.0960. The van der Waals surface area contributed by atoms with Crippen LogP contribution in [0.15, 0.2) is 23.4 Å². The fourth-order valence-corrected chi connectivity index (χ4v) is 2.93. The molecule has 1 aliphatic heterocycles. The number of nitrogens with zero attached hydrogens (tertiary/aromatic N) is 2. The lowest BCUT2D eigenvalue weighted by molar-refractivity contribution is 0.0188. The lowest BCUT2D eigenvalue weighted by Gasteiger charge is -2.33. The summed E-state index contributed by atoms with van der Waals surface area (Å²) in [4.78, 5) is 13.9. The second-order valence-corrected chi connectivity index (χ2v) is 7.81. The van der Waals surface area contributed by atoms with Crippen molar-refractivity contribution in [2.45, 2.75) is 46.1 Å². The maximum absolute atomic E-state index is 12.1. The molecule has 4 N–H and O–H groups in total. The number of carbonyl (C=O) groups is 1. The molecule has 1 fully saturated rings. The van der Waals surface area contributed by atoms with Gasteiger partial charge in [-0.05, 0) is 58.1 Å². The lowest BCUT2D eigenvalue weighted by Crippen LogP contribution is -2.42. The Morgan fingerprint density at radius 1 is 1.38 bits per heavy atom. The van der Waals surface area contributed by atoms with Gasteiger partial charge in [-0.2, -0.15) is 0 Å². The predicted octanol–water partition coefficient (Wildman–Crippen LogP) is 3.15. The first-order chi connectivity index (χ1) is 12.2. The fraction of sp³-hybridized carbons (Fsp3) is 0.579. The minimum atomic E-state index is -0.461. The van der Waals surface area contributed by atoms with Gasteiger partial charge in [-0.1, -0.05) is 17.3 Å². The fourth-order valence-electron chi connectivity index (χ4n) is 2.93. The number of nitrogens with two attached hydrogens (primary N) is 1. The molecule has 1 aromatic rings. The molecule has 2 rings (SSSR count). The number of hydrogen-bond donors (Lipinski definition) is 3. The lowest BCUT2D eigenvalue weighted by atomic mass is 9.96. The molecule has 1 aliphatic rings. The standard InChI is InChI=1S/C19H30N4O3/c1-13-5-6-15(17(20)22-25)11-16(13)21-12-14-7-9-23(10-8-14)18(24)26-19(2,3)4/h5-6,11,14,21,25H,7-10,12H2,1-4H3,(H2,20,22). The van der Waals surface area contributed by atoms with Crippen molar-refractivity contribution >= 4 is 17.6 Å². The molecule has 1 aromatic carbocycles. The Morgan fingerprint density at radius 2 is 2.04 bits per heavy atom. The van der Waals surface area contributed by atoms with Gasteiger partial charge in [-0.3, -0.25) is 0 Å². The van der Waals surface area contributed by atoms with Gasteiger partial charge in [0.1, 0.15) is 5.60 Å². The van der Waals surface area contributed by atoms with E-state index in [-0.39, 0.29) is 11.9 Å². The van der Waals surface area contributed by atoms with Crippen molar-refractivity contribution in [1.29, 1.82) is 0 Å². The van der Waals surface area contributed by atoms with Gasteiger partial charge in [0.05, 0.1) is 0 Å². The molecule has 7 heteroatoms. The van der Waals surface area contributed by atoms with E-state index >= 15 is 0 Å². The quantitative estimate of drug-likeness (QED) is 0.331. The molecule has 0 spiro atoms. The number of rotatable bonds is 4. The molecule has 26 heavy (non-hydrogen) atoms. The van der Waals surface area contributed by atoms with E-state index in [2.05, 4.69) is 10.5 Å². The molecule has 0 radical (unpaired) electrons. The zero-order valence-electron chi connectivity index (χ0n) is 16.1. The van der Waals surface area contributed by atoms with Gasteiger partial charge in [0.2, 0.25) is 0 Å². The summed E-state index contributed by atoms with van der Waals surface area (Å²) in [5.74, 6) is 0.583. The van der Waals surface area contributed by atoms with Gasteiger partial charge in [-0.15, -0.1) is 0 Å². The first kappa shape index (κ1) is 19.9. The second-order valence-electron chi connectivity index (χ2n) is 7.81. The summed E-state index contributed by atoms with van der Waals surface area (Å²) in [6, 6.07) is 5.66. The van der Waals surface area contributed by atoms with E-state index in [0.29, 0.717) is 24.6 Å². The van der Waals surface area contributed by atoms with Crippen molar-refractivity contribution in [2.24, 2.45) is 16.8 Å². The highest BCUT2D eigenvalue weighted by molar-refractivity contribution is 5.98. The molecule has 0 aromatic heterocycles. The Balaban J connectivity index is 1.86. The van der Waals surface area contributed by atoms with E-state index in [9.17, 15) is 4.79 Å². The van der Waals surface area contributed by atoms with Crippen LogP contribution < -0.4 is 11.1 Å². The Morgan fingerprint density at radius 3 is 2.62 bits per heavy atom. The van der Waals surface area contributed by atoms with Gasteiger partial charge in [0.25, 0.3) is 0 Å². The Bertz CT molecular complexity index is 659. The molecular formula is C19H30N4O3. The number of amidine groups is 1. The highest BCUT2D eigenvalue weighted by atomic mass is 16.6. The van der Waals surface area contributed by atoms with Crippen molar-refractivity contribution < 1.29 is 14.7 Å². The van der Waals surface area contributed by atoms with Crippen LogP contribution in [-0.4, -0.2) is 47.3 Å². The smallest absolute Gasteiger partial charge is 0.410 e. The molecule has 1 amide bonds. The Labute approximate surface area is 155 Å². The molecule has 144 valence electrons. The van der Waals surface area contributed by atoms with Gasteiger partial charge in [0, 0.05) is 30.9 Å². The summed E-state index contributed by atoms with van der Waals surface area (Å²) < 4.78 is 5.43. The SMILES string of the molecule is Cc1ccc(/C(N)=N/O)cc1NCC1CCN(C(=O)OC(C)(C)C)CC1. The van der Waals surface area contributed by atoms with Gasteiger partial charge in [-0.25, -0.2) is 4.79 Å². The molecule has 0 bridgehead atoms. The highest BCUT2D eigenvalue weighted by Gasteiger charge is 2.26. The van der Waals surface area contributed by atoms with Crippen LogP contribution in [0, 0.1) is 12.8 Å². The third kappa shape index (κ3) is 5.54. The molecule has 0 saturated carbocycles. The first-order valence-electron chi connectivity index (χ1n) is 9.00. The summed E-state index contributed by atoms with van der Waals surface area (Å²) in [7, 11) is 0. The van der Waals surface area contributed by atoms with Crippen molar-refractivity contribution in [3.8, 4) is 0 Å². The number of piperidine rings is 1. The number of anilines is 1. The van der Waals surface area contributed by atoms with Crippen molar-refractivity contribution in [3.05, 3.63) is 29.3 Å². The number of aryl methyl sites for hydroxylation is 1. The van der Waals surface area contributed by atoms with Crippen LogP contribution in [0.1, 0.15) is 44.7 Å². The molecule has 0 unspecified atom stereocenters. The molecule has 1 heterocycles. The van der Waals surface area contributed by atoms with Crippen LogP contribution in [0.25, 0.3) is 0 Å². The van der Waals surface area contributed by atoms with Crippen molar-refractivity contribution in [1.82, 2.24) is 4.90 Å². The van der Waals surface area contributed by atoms with Crippen LogP contribution in [0.4, 0.5) is 10.5 Å². The topological polar surface area (TPSA) is 100 Å². The molecule has 7 nitrogen and oxygen atoms in total. The molecule has 0 atom stereocenters. The van der Waals surface area contributed by atoms with E-state index in [1.54, 1.807) is 4.90 Å². The number of benzene rings is 1. The largest absolute Gasteiger partial charge is 0.444 e. The summed E-state index contributed by atoms with van der Waals surface area (Å²) in [5.41, 5.74) is 7.96. The monoisotopic (exact) mass is 362 g/mol. The maximum atomic E-state index is 12.1. The van der Waals surface area contributed by atoms with E-state index in [4.69, 9.17) is 15.7 Å². The number of amides is 1. The van der Waals surface area contributed by atoms with Crippen molar-refractivity contribution in [2.75, 3.05) is 25.0 Å². The van der Waals surface area contributed by atoms with Gasteiger partial charge in [0.15, 0.2) is 5.84 Å². The summed E-state index contributed by atoms with van der Waals surface area (Å²) >= 11 is 0. The zero-order valence-corrected chi connectivity index (χ0v) is 16.1. The molecule has 1 saturated heterocycles. The number of oxime groups is 1. The van der Waals surface area contributed by atoms with E-state index in [1.165, 1.54) is 0 Å². The highest BCUT2D eigenvalue weighted by Crippen LogP contribution is 2.22. The Hall–Kier alpha value is -2.44. The average molecular weight is 362 g/mol. The third-order valence-corrected chi connectivity index (χ3v) is 4.49. The zero-order chi connectivity index (χ0) is 19.3. The predicted molar refractivity (Wildman–Crippen MR) is 103 cm³/mol. The van der Waals surface area contributed by atoms with Crippen LogP contribution in [0.5, 0.6) is 0 Å². The third-order valence-electron chi connectivity index (χ3n) is 4.49. The summed E-state index contributed by atoms with van der Waals surface area (Å²) in [5, 5.41) is 15.3. The normalized spacial score (nSPS) is 16.5. The van der Waals surface area contributed by atoms with Crippen LogP contribution in [0.2, 0.25) is 0 Å². The number of likely N-dealkylation sites (tertiary alicyclic amines) is 1. The molecular weight excluding hydrogens is 332 g/mol. The van der Waals surface area contributed by atoms with E-state index < -0.39 is 5.60 Å². The summed E-state index contributed by atoms with van der Waals surface area (Å²) in [6.07, 6.45) is 1.64. The van der Waals surface area contributed by atoms with E-state index in [1.807, 2.05) is 45.9 Å². The second kappa shape index (κ2) is 8.29. The summed E-state index contributed by atoms with van der Waals surface area (Å²) in [6.45, 7) is 9.91. The number of nitrogens with one attached hydrogen (secondary N) is 1. The van der Waals surface area contributed by atoms with Crippen LogP contribution in [0.3, 0.4) is 0 Å². The van der Waals surface area contributed by atoms with Crippen LogP contribution >= 0.6 is 0 Å². The van der Waals surface area contributed by atoms with Gasteiger partial charge < -0.3 is 25.9 Å².